The number of H-pyrrole nitrogens is 2. The molecule has 2 unspecified atom stereocenters. The van der Waals surface area contributed by atoms with E-state index in [0.717, 1.165) is 39.2 Å². The number of nitrogens with one attached hydrogen (secondary N) is 2. The Bertz CT molecular complexity index is 1190. The molecule has 2 atom stereocenters. The molecule has 0 aromatic carbocycles. The number of thioether (sulfide) groups is 1. The third-order valence-electron chi connectivity index (χ3n) is 4.73. The Labute approximate surface area is 165 Å². The van der Waals surface area contributed by atoms with Crippen LogP contribution in [0, 0.1) is 0 Å². The maximum atomic E-state index is 6.92. The summed E-state index contributed by atoms with van der Waals surface area (Å²) in [6, 6.07) is 8.27. The Kier molecular flexibility index (Phi) is 3.88. The largest absolute Gasteiger partial charge is 0.358 e. The topological polar surface area (TPSA) is 56.3 Å². The molecule has 4 nitrogen and oxygen atoms in total. The van der Waals surface area contributed by atoms with Gasteiger partial charge < -0.3 is 9.97 Å². The molecule has 0 spiro atoms. The molecule has 27 heavy (non-hydrogen) atoms. The first-order valence-corrected chi connectivity index (χ1v) is 10.3. The summed E-state index contributed by atoms with van der Waals surface area (Å²) < 4.78 is 0. The molecule has 2 N–H and O–H groups in total. The first kappa shape index (κ1) is 16.7. The molecular weight excluding hydrogens is 376 g/mol. The Hall–Kier alpha value is -2.50. The van der Waals surface area contributed by atoms with Crippen molar-refractivity contribution >= 4 is 46.9 Å². The second-order valence-electron chi connectivity index (χ2n) is 6.68. The van der Waals surface area contributed by atoms with Gasteiger partial charge in [0.1, 0.15) is 0 Å². The number of aromatic nitrogens is 2. The van der Waals surface area contributed by atoms with Gasteiger partial charge in [0.2, 0.25) is 0 Å². The van der Waals surface area contributed by atoms with Crippen LogP contribution in [-0.4, -0.2) is 32.6 Å². The van der Waals surface area contributed by atoms with E-state index in [1.807, 2.05) is 36.5 Å². The van der Waals surface area contributed by atoms with Gasteiger partial charge in [-0.1, -0.05) is 11.6 Å². The number of nitrogens with zero attached hydrogens (tertiary/aromatic N) is 2. The molecule has 0 saturated heterocycles. The lowest BCUT2D eigenvalue weighted by molar-refractivity contribution is 0.715. The van der Waals surface area contributed by atoms with E-state index in [1.165, 1.54) is 0 Å². The predicted octanol–water partition coefficient (Wildman–Crippen LogP) is 3.21. The molecule has 5 heterocycles. The average molecular weight is 393 g/mol. The van der Waals surface area contributed by atoms with Crippen molar-refractivity contribution in [2.75, 3.05) is 6.26 Å². The zero-order chi connectivity index (χ0) is 18.4. The van der Waals surface area contributed by atoms with Crippen molar-refractivity contribution < 1.29 is 0 Å². The summed E-state index contributed by atoms with van der Waals surface area (Å²) in [5.74, 6) is 0. The smallest absolute Gasteiger partial charge is 0.170 e. The van der Waals surface area contributed by atoms with E-state index in [4.69, 9.17) is 16.6 Å². The monoisotopic (exact) mass is 392 g/mol. The SMILES string of the molecule is CSC1c2ccc([nH]2)C=c2ccc([nH]2)=CC2=NC(=CC3=NC1(Cl)C=C3)C=C2. The minimum atomic E-state index is -0.814. The van der Waals surface area contributed by atoms with Gasteiger partial charge in [-0.15, -0.1) is 0 Å². The third-order valence-corrected chi connectivity index (χ3v) is 6.37. The van der Waals surface area contributed by atoms with Crippen LogP contribution >= 0.6 is 23.4 Å². The van der Waals surface area contributed by atoms with Crippen LogP contribution in [0.15, 0.2) is 70.3 Å². The Balaban J connectivity index is 1.71. The average Bonchev–Trinajstić information content (AvgIpc) is 3.40. The first-order chi connectivity index (χ1) is 13.1. The number of rotatable bonds is 1. The van der Waals surface area contributed by atoms with Crippen molar-refractivity contribution in [2.45, 2.75) is 10.2 Å². The van der Waals surface area contributed by atoms with Gasteiger partial charge >= 0.3 is 0 Å². The molecule has 134 valence electrons. The number of halogens is 1. The van der Waals surface area contributed by atoms with Crippen molar-refractivity contribution in [3.05, 3.63) is 82.4 Å². The lowest BCUT2D eigenvalue weighted by Gasteiger charge is -2.25. The molecule has 2 aromatic rings. The van der Waals surface area contributed by atoms with Gasteiger partial charge in [0.05, 0.1) is 22.4 Å². The summed E-state index contributed by atoms with van der Waals surface area (Å²) in [7, 11) is 0. The highest BCUT2D eigenvalue weighted by Gasteiger charge is 2.38. The molecular formula is C21H17ClN4S. The normalized spacial score (nSPS) is 25.6. The van der Waals surface area contributed by atoms with Gasteiger partial charge in [0.25, 0.3) is 0 Å². The number of aliphatic imine (C=N–C) groups is 2. The summed E-state index contributed by atoms with van der Waals surface area (Å²) >= 11 is 8.61. The highest BCUT2D eigenvalue weighted by atomic mass is 35.5. The van der Waals surface area contributed by atoms with E-state index in [9.17, 15) is 0 Å². The summed E-state index contributed by atoms with van der Waals surface area (Å²) in [6.45, 7) is 0. The third kappa shape index (κ3) is 3.07. The number of aromatic amines is 2. The van der Waals surface area contributed by atoms with Crippen LogP contribution in [0.3, 0.4) is 0 Å². The zero-order valence-electron chi connectivity index (χ0n) is 14.6. The van der Waals surface area contributed by atoms with E-state index in [0.29, 0.717) is 0 Å². The fraction of sp³-hybridized carbons (Fsp3) is 0.143. The highest BCUT2D eigenvalue weighted by molar-refractivity contribution is 7.99. The van der Waals surface area contributed by atoms with Crippen molar-refractivity contribution in [3.63, 3.8) is 0 Å². The molecule has 0 radical (unpaired) electrons. The van der Waals surface area contributed by atoms with Gasteiger partial charge in [-0.2, -0.15) is 11.8 Å². The predicted molar refractivity (Wildman–Crippen MR) is 115 cm³/mol. The Morgan fingerprint density at radius 1 is 0.963 bits per heavy atom. The lowest BCUT2D eigenvalue weighted by atomic mass is 10.1. The van der Waals surface area contributed by atoms with Crippen LogP contribution in [0.2, 0.25) is 0 Å². The van der Waals surface area contributed by atoms with Crippen LogP contribution in [0.1, 0.15) is 16.6 Å². The molecule has 0 saturated carbocycles. The maximum absolute atomic E-state index is 6.92. The molecule has 0 amide bonds. The standard InChI is InChI=1S/C21H17ClN4S/c1-27-20-19-7-6-17(25-19)11-15-3-2-13(23-15)10-14-4-5-16(24-14)12-18-8-9-21(20,22)26-18/h2-12,20,23,25H,1H3. The second kappa shape index (κ2) is 6.29. The van der Waals surface area contributed by atoms with Crippen LogP contribution < -0.4 is 10.7 Å². The minimum absolute atomic E-state index is 0.0212. The summed E-state index contributed by atoms with van der Waals surface area (Å²) in [4.78, 5) is 15.5. The molecule has 3 aliphatic rings. The van der Waals surface area contributed by atoms with Gasteiger partial charge in [0.15, 0.2) is 5.00 Å². The molecule has 0 aliphatic carbocycles. The van der Waals surface area contributed by atoms with Crippen LogP contribution in [0.5, 0.6) is 0 Å². The molecule has 6 heteroatoms. The second-order valence-corrected chi connectivity index (χ2v) is 8.23. The van der Waals surface area contributed by atoms with Crippen LogP contribution in [0.4, 0.5) is 0 Å². The van der Waals surface area contributed by atoms with Gasteiger partial charge in [-0.05, 0) is 73.1 Å². The van der Waals surface area contributed by atoms with E-state index < -0.39 is 5.00 Å². The summed E-state index contributed by atoms with van der Waals surface area (Å²) in [6.07, 6.45) is 16.1. The van der Waals surface area contributed by atoms with Crippen LogP contribution in [-0.2, 0) is 0 Å². The number of fused-ring (bicyclic) bond motifs is 6. The Morgan fingerprint density at radius 2 is 1.81 bits per heavy atom. The van der Waals surface area contributed by atoms with E-state index in [-0.39, 0.29) is 5.25 Å². The van der Waals surface area contributed by atoms with Crippen molar-refractivity contribution in [1.82, 2.24) is 9.97 Å². The maximum Gasteiger partial charge on any atom is 0.170 e. The van der Waals surface area contributed by atoms with Crippen LogP contribution in [0.25, 0.3) is 12.2 Å². The molecule has 5 rings (SSSR count). The van der Waals surface area contributed by atoms with E-state index in [2.05, 4.69) is 51.6 Å². The van der Waals surface area contributed by atoms with Crippen molar-refractivity contribution in [2.24, 2.45) is 9.98 Å². The molecule has 0 fully saturated rings. The van der Waals surface area contributed by atoms with Gasteiger partial charge in [-0.25, -0.2) is 4.99 Å². The Morgan fingerprint density at radius 3 is 2.67 bits per heavy atom. The fourth-order valence-corrected chi connectivity index (χ4v) is 4.91. The van der Waals surface area contributed by atoms with Gasteiger partial charge in [-0.3, -0.25) is 4.99 Å². The number of allylic oxidation sites excluding steroid dienone is 4. The molecule has 8 bridgehead atoms. The van der Waals surface area contributed by atoms with E-state index >= 15 is 0 Å². The first-order valence-electron chi connectivity index (χ1n) is 8.68. The number of hydrogen-bond donors (Lipinski definition) is 2. The fourth-order valence-electron chi connectivity index (χ4n) is 3.51. The quantitative estimate of drug-likeness (QED) is 0.568. The highest BCUT2D eigenvalue weighted by Crippen LogP contribution is 2.45. The van der Waals surface area contributed by atoms with Crippen molar-refractivity contribution in [1.29, 1.82) is 0 Å². The minimum Gasteiger partial charge on any atom is -0.358 e. The molecule has 3 aliphatic heterocycles. The van der Waals surface area contributed by atoms with Gasteiger partial charge in [0, 0.05) is 22.1 Å². The van der Waals surface area contributed by atoms with E-state index in [1.54, 1.807) is 11.8 Å². The zero-order valence-corrected chi connectivity index (χ0v) is 16.2. The lowest BCUT2D eigenvalue weighted by Crippen LogP contribution is -2.22. The summed E-state index contributed by atoms with van der Waals surface area (Å²) in [5, 5.41) is 2.03. The molecule has 2 aromatic heterocycles. The van der Waals surface area contributed by atoms with Crippen molar-refractivity contribution in [3.8, 4) is 0 Å². The number of alkyl halides is 1. The number of hydrogen-bond acceptors (Lipinski definition) is 3. The summed E-state index contributed by atoms with van der Waals surface area (Å²) in [5.41, 5.74) is 4.69.